The molecule has 3 unspecified atom stereocenters. The molecular formula is C14H29N3. The average Bonchev–Trinajstić information content (AvgIpc) is 2.71. The van der Waals surface area contributed by atoms with Crippen molar-refractivity contribution in [2.24, 2.45) is 11.7 Å². The fourth-order valence-corrected chi connectivity index (χ4v) is 3.80. The lowest BCUT2D eigenvalue weighted by molar-refractivity contribution is 0.0536. The van der Waals surface area contributed by atoms with Crippen LogP contribution >= 0.6 is 0 Å². The van der Waals surface area contributed by atoms with Gasteiger partial charge in [0, 0.05) is 24.7 Å². The maximum atomic E-state index is 6.10. The van der Waals surface area contributed by atoms with E-state index in [9.17, 15) is 0 Å². The highest BCUT2D eigenvalue weighted by atomic mass is 15.3. The zero-order valence-corrected chi connectivity index (χ0v) is 11.8. The molecule has 0 bridgehead atoms. The molecule has 1 aliphatic carbocycles. The van der Waals surface area contributed by atoms with Crippen LogP contribution in [0.1, 0.15) is 39.0 Å². The van der Waals surface area contributed by atoms with Crippen molar-refractivity contribution in [3.8, 4) is 0 Å². The van der Waals surface area contributed by atoms with Crippen molar-refractivity contribution in [2.75, 3.05) is 33.7 Å². The Morgan fingerprint density at radius 3 is 2.71 bits per heavy atom. The van der Waals surface area contributed by atoms with E-state index in [4.69, 9.17) is 5.73 Å². The third-order valence-electron chi connectivity index (χ3n) is 5.11. The van der Waals surface area contributed by atoms with Crippen molar-refractivity contribution in [3.63, 3.8) is 0 Å². The van der Waals surface area contributed by atoms with E-state index < -0.39 is 0 Å². The minimum Gasteiger partial charge on any atom is -0.329 e. The monoisotopic (exact) mass is 239 g/mol. The molecule has 0 radical (unpaired) electrons. The third kappa shape index (κ3) is 2.67. The molecule has 3 heteroatoms. The number of likely N-dealkylation sites (tertiary alicyclic amines) is 1. The van der Waals surface area contributed by atoms with Gasteiger partial charge in [0.1, 0.15) is 0 Å². The molecule has 0 aromatic carbocycles. The van der Waals surface area contributed by atoms with Gasteiger partial charge < -0.3 is 10.6 Å². The normalized spacial score (nSPS) is 40.1. The maximum Gasteiger partial charge on any atom is 0.0470 e. The molecular weight excluding hydrogens is 210 g/mol. The van der Waals surface area contributed by atoms with Gasteiger partial charge in [-0.2, -0.15) is 0 Å². The van der Waals surface area contributed by atoms with Crippen molar-refractivity contribution in [3.05, 3.63) is 0 Å². The van der Waals surface area contributed by atoms with Gasteiger partial charge in [0.2, 0.25) is 0 Å². The Hall–Kier alpha value is -0.120. The zero-order valence-electron chi connectivity index (χ0n) is 11.8. The zero-order chi connectivity index (χ0) is 12.5. The summed E-state index contributed by atoms with van der Waals surface area (Å²) < 4.78 is 0. The number of nitrogens with two attached hydrogens (primary N) is 1. The summed E-state index contributed by atoms with van der Waals surface area (Å²) in [6, 6.07) is 0.758. The van der Waals surface area contributed by atoms with Gasteiger partial charge in [0.15, 0.2) is 0 Å². The molecule has 2 N–H and O–H groups in total. The first-order valence-corrected chi connectivity index (χ1v) is 7.19. The van der Waals surface area contributed by atoms with E-state index in [1.54, 1.807) is 0 Å². The lowest BCUT2D eigenvalue weighted by Gasteiger charge is -2.45. The number of nitrogens with zero attached hydrogens (tertiary/aromatic N) is 2. The lowest BCUT2D eigenvalue weighted by Crippen LogP contribution is -2.58. The topological polar surface area (TPSA) is 32.5 Å². The van der Waals surface area contributed by atoms with E-state index in [1.165, 1.54) is 38.6 Å². The third-order valence-corrected chi connectivity index (χ3v) is 5.11. The Bertz CT molecular complexity index is 256. The Balaban J connectivity index is 2.04. The Kier molecular flexibility index (Phi) is 4.11. The SMILES string of the molecule is CC1CCCC(N(C)C2(CN)CCN(C)C2)C1. The molecule has 2 rings (SSSR count). The fourth-order valence-electron chi connectivity index (χ4n) is 3.80. The van der Waals surface area contributed by atoms with Crippen LogP contribution in [-0.2, 0) is 0 Å². The van der Waals surface area contributed by atoms with Gasteiger partial charge in [0.25, 0.3) is 0 Å². The molecule has 2 fully saturated rings. The van der Waals surface area contributed by atoms with E-state index in [1.807, 2.05) is 0 Å². The van der Waals surface area contributed by atoms with Crippen molar-refractivity contribution in [1.29, 1.82) is 0 Å². The molecule has 17 heavy (non-hydrogen) atoms. The summed E-state index contributed by atoms with van der Waals surface area (Å²) in [4.78, 5) is 5.06. The summed E-state index contributed by atoms with van der Waals surface area (Å²) in [5.74, 6) is 0.894. The highest BCUT2D eigenvalue weighted by Gasteiger charge is 2.42. The summed E-state index contributed by atoms with van der Waals surface area (Å²) in [5.41, 5.74) is 6.35. The smallest absolute Gasteiger partial charge is 0.0470 e. The van der Waals surface area contributed by atoms with E-state index in [2.05, 4.69) is 30.8 Å². The van der Waals surface area contributed by atoms with E-state index in [-0.39, 0.29) is 5.54 Å². The van der Waals surface area contributed by atoms with Gasteiger partial charge in [0.05, 0.1) is 0 Å². The number of rotatable bonds is 3. The summed E-state index contributed by atoms with van der Waals surface area (Å²) in [5, 5.41) is 0. The van der Waals surface area contributed by atoms with E-state index >= 15 is 0 Å². The summed E-state index contributed by atoms with van der Waals surface area (Å²) in [7, 11) is 4.53. The van der Waals surface area contributed by atoms with Crippen molar-refractivity contribution in [2.45, 2.75) is 50.6 Å². The molecule has 0 aromatic heterocycles. The Morgan fingerprint density at radius 2 is 2.18 bits per heavy atom. The van der Waals surface area contributed by atoms with Crippen molar-refractivity contribution in [1.82, 2.24) is 9.80 Å². The second-order valence-corrected chi connectivity index (χ2v) is 6.45. The number of hydrogen-bond donors (Lipinski definition) is 1. The van der Waals surface area contributed by atoms with Gasteiger partial charge >= 0.3 is 0 Å². The molecule has 0 spiro atoms. The maximum absolute atomic E-state index is 6.10. The largest absolute Gasteiger partial charge is 0.329 e. The summed E-state index contributed by atoms with van der Waals surface area (Å²) in [6.07, 6.45) is 6.78. The van der Waals surface area contributed by atoms with Gasteiger partial charge in [-0.25, -0.2) is 0 Å². The van der Waals surface area contributed by atoms with Gasteiger partial charge in [-0.3, -0.25) is 4.90 Å². The minimum absolute atomic E-state index is 0.247. The first kappa shape index (κ1) is 13.3. The summed E-state index contributed by atoms with van der Waals surface area (Å²) >= 11 is 0. The highest BCUT2D eigenvalue weighted by Crippen LogP contribution is 2.33. The second kappa shape index (κ2) is 5.25. The molecule has 0 amide bonds. The number of hydrogen-bond acceptors (Lipinski definition) is 3. The van der Waals surface area contributed by atoms with Crippen LogP contribution in [-0.4, -0.2) is 55.1 Å². The van der Waals surface area contributed by atoms with Gasteiger partial charge in [-0.1, -0.05) is 19.8 Å². The Labute approximate surface area is 106 Å². The van der Waals surface area contributed by atoms with Crippen molar-refractivity contribution >= 4 is 0 Å². The van der Waals surface area contributed by atoms with E-state index in [0.29, 0.717) is 0 Å². The molecule has 100 valence electrons. The molecule has 1 aliphatic heterocycles. The average molecular weight is 239 g/mol. The van der Waals surface area contributed by atoms with Gasteiger partial charge in [-0.05, 0) is 45.8 Å². The van der Waals surface area contributed by atoms with E-state index in [0.717, 1.165) is 25.0 Å². The van der Waals surface area contributed by atoms with Crippen LogP contribution < -0.4 is 5.73 Å². The van der Waals surface area contributed by atoms with Crippen LogP contribution in [0.3, 0.4) is 0 Å². The Morgan fingerprint density at radius 1 is 1.41 bits per heavy atom. The second-order valence-electron chi connectivity index (χ2n) is 6.45. The highest BCUT2D eigenvalue weighted by molar-refractivity contribution is 5.00. The minimum atomic E-state index is 0.247. The molecule has 0 aromatic rings. The molecule has 2 aliphatic rings. The van der Waals surface area contributed by atoms with Crippen LogP contribution in [0.15, 0.2) is 0 Å². The lowest BCUT2D eigenvalue weighted by atomic mass is 9.83. The first-order chi connectivity index (χ1) is 8.07. The van der Waals surface area contributed by atoms with Gasteiger partial charge in [-0.15, -0.1) is 0 Å². The molecule has 3 atom stereocenters. The van der Waals surface area contributed by atoms with Crippen LogP contribution in [0.4, 0.5) is 0 Å². The quantitative estimate of drug-likeness (QED) is 0.811. The first-order valence-electron chi connectivity index (χ1n) is 7.19. The molecule has 3 nitrogen and oxygen atoms in total. The number of likely N-dealkylation sites (N-methyl/N-ethyl adjacent to an activating group) is 2. The van der Waals surface area contributed by atoms with Crippen molar-refractivity contribution < 1.29 is 0 Å². The van der Waals surface area contributed by atoms with Crippen LogP contribution in [0.25, 0.3) is 0 Å². The fraction of sp³-hybridized carbons (Fsp3) is 1.00. The predicted octanol–water partition coefficient (Wildman–Crippen LogP) is 1.53. The molecule has 1 heterocycles. The summed E-state index contributed by atoms with van der Waals surface area (Å²) in [6.45, 7) is 5.54. The molecule has 1 saturated heterocycles. The molecule has 1 saturated carbocycles. The standard InChI is InChI=1S/C14H29N3/c1-12-5-4-6-13(9-12)17(3)14(10-15)7-8-16(2)11-14/h12-13H,4-11,15H2,1-3H3. The van der Waals surface area contributed by atoms with Crippen LogP contribution in [0.5, 0.6) is 0 Å². The van der Waals surface area contributed by atoms with Crippen LogP contribution in [0, 0.1) is 5.92 Å². The van der Waals surface area contributed by atoms with Crippen LogP contribution in [0.2, 0.25) is 0 Å². The predicted molar refractivity (Wildman–Crippen MR) is 73.1 cm³/mol.